The van der Waals surface area contributed by atoms with Gasteiger partial charge in [0.15, 0.2) is 0 Å². The van der Waals surface area contributed by atoms with Gasteiger partial charge in [-0.25, -0.2) is 0 Å². The van der Waals surface area contributed by atoms with Crippen LogP contribution >= 0.6 is 27.5 Å². The third kappa shape index (κ3) is 4.01. The van der Waals surface area contributed by atoms with Crippen LogP contribution in [0.25, 0.3) is 0 Å². The Bertz CT molecular complexity index is 691. The Hall–Kier alpha value is -1.33. The number of halogens is 2. The predicted molar refractivity (Wildman–Crippen MR) is 96.9 cm³/mol. The Morgan fingerprint density at radius 3 is 2.67 bits per heavy atom. The zero-order valence-corrected chi connectivity index (χ0v) is 15.9. The average Bonchev–Trinajstić information content (AvgIpc) is 2.82. The lowest BCUT2D eigenvalue weighted by Gasteiger charge is -2.34. The fourth-order valence-electron chi connectivity index (χ4n) is 3.04. The van der Waals surface area contributed by atoms with Gasteiger partial charge in [0.1, 0.15) is 0 Å². The largest absolute Gasteiger partial charge is 0.349 e. The zero-order chi connectivity index (χ0) is 17.1. The molecule has 24 heavy (non-hydrogen) atoms. The predicted octanol–water partition coefficient (Wildman–Crippen LogP) is 4.99. The summed E-state index contributed by atoms with van der Waals surface area (Å²) in [6, 6.07) is 8.28. The first-order chi connectivity index (χ1) is 11.5. The van der Waals surface area contributed by atoms with E-state index in [0.29, 0.717) is 18.8 Å². The SMILES string of the molecule is Cc1noc(Cl)c1CCC(=O)NC(c1ccc(Br)cc1)C1CCC1. The van der Waals surface area contributed by atoms with Crippen LogP contribution in [0, 0.1) is 12.8 Å². The molecule has 0 radical (unpaired) electrons. The minimum atomic E-state index is 0.0338. The summed E-state index contributed by atoms with van der Waals surface area (Å²) in [7, 11) is 0. The summed E-state index contributed by atoms with van der Waals surface area (Å²) in [5.41, 5.74) is 2.72. The molecule has 1 aromatic carbocycles. The molecule has 1 unspecified atom stereocenters. The van der Waals surface area contributed by atoms with Crippen LogP contribution < -0.4 is 5.32 Å². The highest BCUT2D eigenvalue weighted by Gasteiger charge is 2.29. The van der Waals surface area contributed by atoms with E-state index in [0.717, 1.165) is 34.1 Å². The van der Waals surface area contributed by atoms with Crippen LogP contribution in [0.4, 0.5) is 0 Å². The summed E-state index contributed by atoms with van der Waals surface area (Å²) in [6.45, 7) is 1.83. The zero-order valence-electron chi connectivity index (χ0n) is 13.5. The summed E-state index contributed by atoms with van der Waals surface area (Å²) in [5, 5.41) is 7.31. The number of carbonyl (C=O) groups is 1. The normalized spacial score (nSPS) is 15.8. The summed E-state index contributed by atoms with van der Waals surface area (Å²) in [4.78, 5) is 12.4. The Labute approximate surface area is 155 Å². The van der Waals surface area contributed by atoms with Gasteiger partial charge in [-0.2, -0.15) is 0 Å². The molecule has 0 aliphatic heterocycles. The van der Waals surface area contributed by atoms with Crippen LogP contribution in [0.1, 0.15) is 48.5 Å². The molecule has 1 aromatic heterocycles. The van der Waals surface area contributed by atoms with E-state index in [2.05, 4.69) is 38.5 Å². The van der Waals surface area contributed by atoms with Crippen molar-refractivity contribution in [2.75, 3.05) is 0 Å². The fraction of sp³-hybridized carbons (Fsp3) is 0.444. The molecule has 0 saturated heterocycles. The quantitative estimate of drug-likeness (QED) is 0.728. The van der Waals surface area contributed by atoms with Gasteiger partial charge in [-0.15, -0.1) is 0 Å². The highest BCUT2D eigenvalue weighted by atomic mass is 79.9. The number of carbonyl (C=O) groups excluding carboxylic acids is 1. The molecule has 1 aliphatic rings. The fourth-order valence-corrected chi connectivity index (χ4v) is 3.57. The molecule has 2 aromatic rings. The number of nitrogens with zero attached hydrogens (tertiary/aromatic N) is 1. The number of benzene rings is 1. The van der Waals surface area contributed by atoms with Crippen molar-refractivity contribution in [3.8, 4) is 0 Å². The van der Waals surface area contributed by atoms with E-state index in [1.807, 2.05) is 19.1 Å². The molecule has 0 spiro atoms. The van der Waals surface area contributed by atoms with Gasteiger partial charge in [-0.05, 0) is 61.4 Å². The number of rotatable bonds is 6. The van der Waals surface area contributed by atoms with Crippen LogP contribution in [0.15, 0.2) is 33.3 Å². The van der Waals surface area contributed by atoms with Crippen molar-refractivity contribution in [3.05, 3.63) is 50.8 Å². The summed E-state index contributed by atoms with van der Waals surface area (Å²) in [5.74, 6) is 0.558. The Balaban J connectivity index is 1.64. The third-order valence-electron chi connectivity index (χ3n) is 4.71. The van der Waals surface area contributed by atoms with Gasteiger partial charge in [0, 0.05) is 16.5 Å². The molecule has 1 saturated carbocycles. The number of amides is 1. The summed E-state index contributed by atoms with van der Waals surface area (Å²) >= 11 is 9.42. The average molecular weight is 412 g/mol. The molecule has 1 heterocycles. The monoisotopic (exact) mass is 410 g/mol. The molecular formula is C18H20BrClN2O2. The second-order valence-electron chi connectivity index (χ2n) is 6.31. The lowest BCUT2D eigenvalue weighted by Crippen LogP contribution is -2.36. The van der Waals surface area contributed by atoms with Crippen molar-refractivity contribution in [1.29, 1.82) is 0 Å². The van der Waals surface area contributed by atoms with Crippen molar-refractivity contribution in [3.63, 3.8) is 0 Å². The van der Waals surface area contributed by atoms with Gasteiger partial charge in [-0.3, -0.25) is 4.79 Å². The van der Waals surface area contributed by atoms with Crippen LogP contribution in [0.3, 0.4) is 0 Å². The Morgan fingerprint density at radius 1 is 1.42 bits per heavy atom. The van der Waals surface area contributed by atoms with Gasteiger partial charge in [0.05, 0.1) is 11.7 Å². The van der Waals surface area contributed by atoms with Crippen molar-refractivity contribution in [1.82, 2.24) is 10.5 Å². The molecule has 1 atom stereocenters. The maximum atomic E-state index is 12.4. The Kier molecular flexibility index (Phi) is 5.61. The van der Waals surface area contributed by atoms with Crippen molar-refractivity contribution in [2.45, 2.75) is 45.1 Å². The molecule has 1 N–H and O–H groups in total. The summed E-state index contributed by atoms with van der Waals surface area (Å²) < 4.78 is 5.98. The van der Waals surface area contributed by atoms with Gasteiger partial charge in [0.2, 0.25) is 11.1 Å². The maximum absolute atomic E-state index is 12.4. The molecule has 6 heteroatoms. The molecule has 128 valence electrons. The minimum Gasteiger partial charge on any atom is -0.349 e. The number of nitrogens with one attached hydrogen (secondary N) is 1. The van der Waals surface area contributed by atoms with Crippen LogP contribution in [0.2, 0.25) is 5.22 Å². The van der Waals surface area contributed by atoms with Gasteiger partial charge >= 0.3 is 0 Å². The molecule has 3 rings (SSSR count). The number of aromatic nitrogens is 1. The van der Waals surface area contributed by atoms with Crippen LogP contribution in [-0.2, 0) is 11.2 Å². The van der Waals surface area contributed by atoms with Gasteiger partial charge < -0.3 is 9.84 Å². The molecule has 4 nitrogen and oxygen atoms in total. The van der Waals surface area contributed by atoms with Crippen molar-refractivity contribution >= 4 is 33.4 Å². The maximum Gasteiger partial charge on any atom is 0.229 e. The topological polar surface area (TPSA) is 55.1 Å². The highest BCUT2D eigenvalue weighted by molar-refractivity contribution is 9.10. The first-order valence-electron chi connectivity index (χ1n) is 8.20. The number of aryl methyl sites for hydroxylation is 1. The second-order valence-corrected chi connectivity index (χ2v) is 7.57. The number of hydrogen-bond acceptors (Lipinski definition) is 3. The van der Waals surface area contributed by atoms with E-state index in [1.54, 1.807) is 0 Å². The molecule has 1 amide bonds. The summed E-state index contributed by atoms with van der Waals surface area (Å²) in [6.07, 6.45) is 4.48. The van der Waals surface area contributed by atoms with E-state index in [4.69, 9.17) is 16.1 Å². The van der Waals surface area contributed by atoms with Crippen LogP contribution in [0.5, 0.6) is 0 Å². The minimum absolute atomic E-state index is 0.0338. The Morgan fingerprint density at radius 2 is 2.12 bits per heavy atom. The van der Waals surface area contributed by atoms with Crippen LogP contribution in [-0.4, -0.2) is 11.1 Å². The third-order valence-corrected chi connectivity index (χ3v) is 5.53. The molecule has 1 fully saturated rings. The smallest absolute Gasteiger partial charge is 0.229 e. The lowest BCUT2D eigenvalue weighted by molar-refractivity contribution is -0.122. The van der Waals surface area contributed by atoms with Crippen molar-refractivity contribution < 1.29 is 9.32 Å². The second kappa shape index (κ2) is 7.70. The lowest BCUT2D eigenvalue weighted by atomic mass is 9.77. The first-order valence-corrected chi connectivity index (χ1v) is 9.37. The van der Waals surface area contributed by atoms with E-state index >= 15 is 0 Å². The molecular weight excluding hydrogens is 392 g/mol. The first kappa shape index (κ1) is 17.5. The molecule has 0 bridgehead atoms. The van der Waals surface area contributed by atoms with Gasteiger partial charge in [-0.1, -0.05) is 39.6 Å². The highest BCUT2D eigenvalue weighted by Crippen LogP contribution is 2.38. The van der Waals surface area contributed by atoms with Gasteiger partial charge in [0.25, 0.3) is 0 Å². The van der Waals surface area contributed by atoms with E-state index in [1.165, 1.54) is 6.42 Å². The van der Waals surface area contributed by atoms with E-state index in [-0.39, 0.29) is 17.2 Å². The molecule has 1 aliphatic carbocycles. The standard InChI is InChI=1S/C18H20BrClN2O2/c1-11-15(18(20)24-22-11)9-10-16(23)21-17(12-3-2-4-12)13-5-7-14(19)8-6-13/h5-8,12,17H,2-4,9-10H2,1H3,(H,21,23). The van der Waals surface area contributed by atoms with E-state index < -0.39 is 0 Å². The van der Waals surface area contributed by atoms with Crippen molar-refractivity contribution in [2.24, 2.45) is 5.92 Å². The van der Waals surface area contributed by atoms with E-state index in [9.17, 15) is 4.79 Å². The number of hydrogen-bond donors (Lipinski definition) is 1.